The van der Waals surface area contributed by atoms with Gasteiger partial charge in [-0.05, 0) is 29.8 Å². The molecular formula is C21H20N4O3. The van der Waals surface area contributed by atoms with Gasteiger partial charge in [-0.25, -0.2) is 4.98 Å². The minimum Gasteiger partial charge on any atom is -0.497 e. The van der Waals surface area contributed by atoms with Gasteiger partial charge in [0.15, 0.2) is 5.58 Å². The standard InChI is InChI=1S/C21H20N4O3/c1-25-12-11-22-21(25)20(14-7-9-15(27-2)10-8-14)23-19(26)13-17-16-5-3-4-6-18(16)28-24-17/h3-12,20H,13H2,1-2H3,(H,23,26). The highest BCUT2D eigenvalue weighted by Crippen LogP contribution is 2.24. The Morgan fingerprint density at radius 1 is 1.21 bits per heavy atom. The summed E-state index contributed by atoms with van der Waals surface area (Å²) in [7, 11) is 3.52. The first-order valence-electron chi connectivity index (χ1n) is 8.89. The van der Waals surface area contributed by atoms with E-state index in [2.05, 4.69) is 15.5 Å². The number of fused-ring (bicyclic) bond motifs is 1. The van der Waals surface area contributed by atoms with Crippen molar-refractivity contribution in [2.75, 3.05) is 7.11 Å². The number of methoxy groups -OCH3 is 1. The van der Waals surface area contributed by atoms with Crippen molar-refractivity contribution in [3.8, 4) is 5.75 Å². The molecule has 0 aliphatic rings. The molecule has 1 atom stereocenters. The lowest BCUT2D eigenvalue weighted by atomic mass is 10.1. The Labute approximate surface area is 161 Å². The van der Waals surface area contributed by atoms with Crippen LogP contribution in [0.4, 0.5) is 0 Å². The lowest BCUT2D eigenvalue weighted by molar-refractivity contribution is -0.121. The minimum absolute atomic E-state index is 0.119. The van der Waals surface area contributed by atoms with Crippen LogP contribution >= 0.6 is 0 Å². The molecule has 7 heteroatoms. The Balaban J connectivity index is 1.60. The monoisotopic (exact) mass is 376 g/mol. The summed E-state index contributed by atoms with van der Waals surface area (Å²) in [6.45, 7) is 0. The van der Waals surface area contributed by atoms with Crippen molar-refractivity contribution in [2.45, 2.75) is 12.5 Å². The molecule has 4 rings (SSSR count). The number of benzene rings is 2. The van der Waals surface area contributed by atoms with E-state index in [-0.39, 0.29) is 12.3 Å². The maximum absolute atomic E-state index is 12.8. The van der Waals surface area contributed by atoms with Crippen LogP contribution in [0.3, 0.4) is 0 Å². The van der Waals surface area contributed by atoms with Crippen molar-refractivity contribution in [1.29, 1.82) is 0 Å². The average molecular weight is 376 g/mol. The van der Waals surface area contributed by atoms with Crippen molar-refractivity contribution < 1.29 is 14.1 Å². The number of ether oxygens (including phenoxy) is 1. The molecule has 0 spiro atoms. The molecule has 2 aromatic heterocycles. The first-order valence-corrected chi connectivity index (χ1v) is 8.89. The lowest BCUT2D eigenvalue weighted by Crippen LogP contribution is -2.32. The van der Waals surface area contributed by atoms with Crippen LogP contribution in [0.2, 0.25) is 0 Å². The molecule has 2 heterocycles. The average Bonchev–Trinajstić information content (AvgIpc) is 3.33. The van der Waals surface area contributed by atoms with Gasteiger partial charge in [-0.3, -0.25) is 4.79 Å². The van der Waals surface area contributed by atoms with Crippen LogP contribution in [0.25, 0.3) is 11.0 Å². The Kier molecular flexibility index (Phi) is 4.80. The van der Waals surface area contributed by atoms with E-state index < -0.39 is 6.04 Å². The summed E-state index contributed by atoms with van der Waals surface area (Å²) in [6, 6.07) is 14.7. The number of aryl methyl sites for hydroxylation is 1. The Bertz CT molecular complexity index is 1100. The van der Waals surface area contributed by atoms with E-state index in [1.807, 2.05) is 66.3 Å². The number of rotatable bonds is 6. The molecule has 0 bridgehead atoms. The van der Waals surface area contributed by atoms with Gasteiger partial charge in [-0.15, -0.1) is 0 Å². The first kappa shape index (κ1) is 17.8. The number of para-hydroxylation sites is 1. The quantitative estimate of drug-likeness (QED) is 0.559. The molecule has 28 heavy (non-hydrogen) atoms. The smallest absolute Gasteiger partial charge is 0.227 e. The fourth-order valence-electron chi connectivity index (χ4n) is 3.18. The normalized spacial score (nSPS) is 12.1. The molecule has 142 valence electrons. The Hall–Kier alpha value is -3.61. The van der Waals surface area contributed by atoms with Crippen LogP contribution in [0, 0.1) is 0 Å². The summed E-state index contributed by atoms with van der Waals surface area (Å²) in [5, 5.41) is 7.96. The van der Waals surface area contributed by atoms with E-state index in [0.29, 0.717) is 11.3 Å². The van der Waals surface area contributed by atoms with Crippen LogP contribution in [0.5, 0.6) is 5.75 Å². The maximum Gasteiger partial charge on any atom is 0.227 e. The van der Waals surface area contributed by atoms with Crippen LogP contribution < -0.4 is 10.1 Å². The number of carbonyl (C=O) groups is 1. The largest absolute Gasteiger partial charge is 0.497 e. The number of carbonyl (C=O) groups excluding carboxylic acids is 1. The molecule has 7 nitrogen and oxygen atoms in total. The zero-order chi connectivity index (χ0) is 19.5. The van der Waals surface area contributed by atoms with E-state index in [1.54, 1.807) is 13.3 Å². The number of hydrogen-bond donors (Lipinski definition) is 1. The van der Waals surface area contributed by atoms with E-state index in [0.717, 1.165) is 22.5 Å². The Morgan fingerprint density at radius 3 is 2.71 bits per heavy atom. The highest BCUT2D eigenvalue weighted by Gasteiger charge is 2.22. The molecule has 4 aromatic rings. The molecular weight excluding hydrogens is 356 g/mol. The van der Waals surface area contributed by atoms with E-state index in [4.69, 9.17) is 9.26 Å². The second-order valence-electron chi connectivity index (χ2n) is 6.47. The molecule has 0 saturated carbocycles. The number of hydrogen-bond acceptors (Lipinski definition) is 5. The van der Waals surface area contributed by atoms with Crippen molar-refractivity contribution in [3.05, 3.63) is 78.0 Å². The molecule has 0 radical (unpaired) electrons. The first-order chi connectivity index (χ1) is 13.7. The molecule has 0 aliphatic heterocycles. The summed E-state index contributed by atoms with van der Waals surface area (Å²) in [4.78, 5) is 17.2. The molecule has 2 aromatic carbocycles. The van der Waals surface area contributed by atoms with Crippen molar-refractivity contribution in [1.82, 2.24) is 20.0 Å². The number of nitrogens with one attached hydrogen (secondary N) is 1. The van der Waals surface area contributed by atoms with E-state index in [1.165, 1.54) is 0 Å². The van der Waals surface area contributed by atoms with Gasteiger partial charge < -0.3 is 19.1 Å². The second-order valence-corrected chi connectivity index (χ2v) is 6.47. The van der Waals surface area contributed by atoms with E-state index >= 15 is 0 Å². The number of nitrogens with zero attached hydrogens (tertiary/aromatic N) is 3. The van der Waals surface area contributed by atoms with Crippen LogP contribution in [-0.2, 0) is 18.3 Å². The van der Waals surface area contributed by atoms with Crippen LogP contribution in [0.1, 0.15) is 23.1 Å². The fraction of sp³-hybridized carbons (Fsp3) is 0.190. The fourth-order valence-corrected chi connectivity index (χ4v) is 3.18. The summed E-state index contributed by atoms with van der Waals surface area (Å²) in [6.07, 6.45) is 3.68. The van der Waals surface area contributed by atoms with Crippen molar-refractivity contribution in [2.24, 2.45) is 7.05 Å². The molecule has 0 aliphatic carbocycles. The number of imidazole rings is 1. The third-order valence-corrected chi connectivity index (χ3v) is 4.65. The van der Waals surface area contributed by atoms with E-state index in [9.17, 15) is 4.79 Å². The van der Waals surface area contributed by atoms with Gasteiger partial charge in [-0.2, -0.15) is 0 Å². The molecule has 1 N–H and O–H groups in total. The van der Waals surface area contributed by atoms with Gasteiger partial charge in [0.2, 0.25) is 5.91 Å². The SMILES string of the molecule is COc1ccc(C(NC(=O)Cc2noc3ccccc23)c2nccn2C)cc1. The Morgan fingerprint density at radius 2 is 2.00 bits per heavy atom. The number of amides is 1. The highest BCUT2D eigenvalue weighted by atomic mass is 16.5. The minimum atomic E-state index is -0.392. The summed E-state index contributed by atoms with van der Waals surface area (Å²) in [5.41, 5.74) is 2.19. The molecule has 1 amide bonds. The van der Waals surface area contributed by atoms with Gasteiger partial charge in [0.25, 0.3) is 0 Å². The highest BCUT2D eigenvalue weighted by molar-refractivity contribution is 5.86. The predicted molar refractivity (Wildman–Crippen MR) is 104 cm³/mol. The summed E-state index contributed by atoms with van der Waals surface area (Å²) < 4.78 is 12.4. The van der Waals surface area contributed by atoms with Gasteiger partial charge in [-0.1, -0.05) is 29.4 Å². The molecule has 1 unspecified atom stereocenters. The van der Waals surface area contributed by atoms with Crippen LogP contribution in [-0.4, -0.2) is 27.7 Å². The third-order valence-electron chi connectivity index (χ3n) is 4.65. The van der Waals surface area contributed by atoms with Gasteiger partial charge in [0, 0.05) is 24.8 Å². The van der Waals surface area contributed by atoms with Gasteiger partial charge in [0.05, 0.1) is 13.5 Å². The molecule has 0 fully saturated rings. The van der Waals surface area contributed by atoms with Gasteiger partial charge in [0.1, 0.15) is 23.3 Å². The molecule has 0 saturated heterocycles. The van der Waals surface area contributed by atoms with Crippen molar-refractivity contribution >= 4 is 16.9 Å². The summed E-state index contributed by atoms with van der Waals surface area (Å²) >= 11 is 0. The number of aromatic nitrogens is 3. The predicted octanol–water partition coefficient (Wildman–Crippen LogP) is 3.02. The summed E-state index contributed by atoms with van der Waals surface area (Å²) in [5.74, 6) is 1.33. The zero-order valence-corrected chi connectivity index (χ0v) is 15.6. The maximum atomic E-state index is 12.8. The third kappa shape index (κ3) is 3.46. The van der Waals surface area contributed by atoms with Crippen molar-refractivity contribution in [3.63, 3.8) is 0 Å². The van der Waals surface area contributed by atoms with Crippen LogP contribution in [0.15, 0.2) is 65.4 Å². The second kappa shape index (κ2) is 7.56. The van der Waals surface area contributed by atoms with Gasteiger partial charge >= 0.3 is 0 Å². The topological polar surface area (TPSA) is 82.2 Å². The lowest BCUT2D eigenvalue weighted by Gasteiger charge is -2.19. The zero-order valence-electron chi connectivity index (χ0n) is 15.6.